The molecule has 1 atom stereocenters. The molecule has 2 heterocycles. The highest BCUT2D eigenvalue weighted by molar-refractivity contribution is 7.89. The first-order chi connectivity index (χ1) is 15.9. The van der Waals surface area contributed by atoms with Gasteiger partial charge in [0.1, 0.15) is 11.5 Å². The van der Waals surface area contributed by atoms with Crippen molar-refractivity contribution in [3.05, 3.63) is 84.2 Å². The second-order valence-corrected chi connectivity index (χ2v) is 9.57. The Morgan fingerprint density at radius 1 is 1.09 bits per heavy atom. The lowest BCUT2D eigenvalue weighted by molar-refractivity contribution is 0.0199. The van der Waals surface area contributed by atoms with Crippen LogP contribution in [0.25, 0.3) is 0 Å². The lowest BCUT2D eigenvalue weighted by atomic mass is 10.2. The van der Waals surface area contributed by atoms with E-state index in [2.05, 4.69) is 15.8 Å². The maximum absolute atomic E-state index is 13.5. The van der Waals surface area contributed by atoms with Crippen molar-refractivity contribution in [3.63, 3.8) is 0 Å². The summed E-state index contributed by atoms with van der Waals surface area (Å²) in [4.78, 5) is 20.8. The second-order valence-electron chi connectivity index (χ2n) is 7.63. The normalized spacial score (nSPS) is 16.2. The molecule has 1 fully saturated rings. The standard InChI is InChI=1S/C23H24N4O5S/c1-17-4-6-20(7-5-17)32-21-8-10-22(11-9-21)33(29,30)27(14-18-3-2-12-24-13-18)15-19-16-31-26-23(28)25-19/h2-13,19H,14-16H2,1H3,(H2,25,26,28)/t19-/m0/s1. The number of amides is 2. The van der Waals surface area contributed by atoms with E-state index in [0.717, 1.165) is 11.1 Å². The predicted octanol–water partition coefficient (Wildman–Crippen LogP) is 2.99. The molecule has 2 amide bonds. The molecule has 0 saturated carbocycles. The molecule has 1 saturated heterocycles. The van der Waals surface area contributed by atoms with E-state index >= 15 is 0 Å². The van der Waals surface area contributed by atoms with Crippen LogP contribution in [0.1, 0.15) is 11.1 Å². The van der Waals surface area contributed by atoms with Crippen LogP contribution in [0, 0.1) is 6.92 Å². The number of carbonyl (C=O) groups excluding carboxylic acids is 1. The number of hydroxylamine groups is 1. The molecule has 172 valence electrons. The molecule has 9 nitrogen and oxygen atoms in total. The van der Waals surface area contributed by atoms with Crippen molar-refractivity contribution in [1.29, 1.82) is 0 Å². The number of aryl methyl sites for hydroxylation is 1. The van der Waals surface area contributed by atoms with Crippen LogP contribution in [0.3, 0.4) is 0 Å². The molecule has 10 heteroatoms. The maximum Gasteiger partial charge on any atom is 0.339 e. The van der Waals surface area contributed by atoms with Gasteiger partial charge in [0.25, 0.3) is 0 Å². The number of carbonyl (C=O) groups is 1. The monoisotopic (exact) mass is 468 g/mol. The van der Waals surface area contributed by atoms with Crippen molar-refractivity contribution in [1.82, 2.24) is 20.1 Å². The highest BCUT2D eigenvalue weighted by atomic mass is 32.2. The molecule has 2 aromatic carbocycles. The minimum atomic E-state index is -3.89. The summed E-state index contributed by atoms with van der Waals surface area (Å²) in [7, 11) is -3.89. The zero-order chi connectivity index (χ0) is 23.3. The van der Waals surface area contributed by atoms with Crippen LogP contribution >= 0.6 is 0 Å². The Labute approximate surface area is 192 Å². The van der Waals surface area contributed by atoms with Gasteiger partial charge in [-0.25, -0.2) is 18.7 Å². The Kier molecular flexibility index (Phi) is 6.87. The van der Waals surface area contributed by atoms with E-state index in [0.29, 0.717) is 11.5 Å². The summed E-state index contributed by atoms with van der Waals surface area (Å²) in [6, 6.07) is 16.3. The summed E-state index contributed by atoms with van der Waals surface area (Å²) < 4.78 is 34.1. The van der Waals surface area contributed by atoms with Crippen molar-refractivity contribution in [2.45, 2.75) is 24.4 Å². The van der Waals surface area contributed by atoms with E-state index in [9.17, 15) is 13.2 Å². The fraction of sp³-hybridized carbons (Fsp3) is 0.217. The van der Waals surface area contributed by atoms with Gasteiger partial charge in [0.05, 0.1) is 17.5 Å². The van der Waals surface area contributed by atoms with Gasteiger partial charge in [-0.15, -0.1) is 0 Å². The lowest BCUT2D eigenvalue weighted by Crippen LogP contribution is -2.55. The van der Waals surface area contributed by atoms with Gasteiger partial charge in [0.2, 0.25) is 10.0 Å². The van der Waals surface area contributed by atoms with Crippen LogP contribution in [0.4, 0.5) is 4.79 Å². The number of sulfonamides is 1. The van der Waals surface area contributed by atoms with Crippen molar-refractivity contribution < 1.29 is 22.8 Å². The summed E-state index contributed by atoms with van der Waals surface area (Å²) in [5.74, 6) is 1.19. The number of pyridine rings is 1. The Morgan fingerprint density at radius 3 is 2.42 bits per heavy atom. The highest BCUT2D eigenvalue weighted by Gasteiger charge is 2.30. The minimum absolute atomic E-state index is 0.0340. The smallest absolute Gasteiger partial charge is 0.339 e. The number of aromatic nitrogens is 1. The molecule has 33 heavy (non-hydrogen) atoms. The molecule has 1 aliphatic heterocycles. The minimum Gasteiger partial charge on any atom is -0.457 e. The average Bonchev–Trinajstić information content (AvgIpc) is 2.81. The summed E-state index contributed by atoms with van der Waals surface area (Å²) in [5.41, 5.74) is 4.03. The largest absolute Gasteiger partial charge is 0.457 e. The lowest BCUT2D eigenvalue weighted by Gasteiger charge is -2.29. The maximum atomic E-state index is 13.5. The number of ether oxygens (including phenoxy) is 1. The number of rotatable bonds is 8. The zero-order valence-electron chi connectivity index (χ0n) is 18.0. The van der Waals surface area contributed by atoms with Gasteiger partial charge in [-0.1, -0.05) is 23.8 Å². The van der Waals surface area contributed by atoms with E-state index in [4.69, 9.17) is 9.57 Å². The van der Waals surface area contributed by atoms with Crippen molar-refractivity contribution in [2.24, 2.45) is 0 Å². The third-order valence-electron chi connectivity index (χ3n) is 5.01. The molecular formula is C23H24N4O5S. The Morgan fingerprint density at radius 2 is 1.79 bits per heavy atom. The van der Waals surface area contributed by atoms with E-state index in [-0.39, 0.29) is 24.6 Å². The van der Waals surface area contributed by atoms with Crippen LogP contribution in [0.2, 0.25) is 0 Å². The Bertz CT molecular complexity index is 1190. The van der Waals surface area contributed by atoms with Gasteiger partial charge in [-0.3, -0.25) is 9.82 Å². The molecule has 0 bridgehead atoms. The fourth-order valence-electron chi connectivity index (χ4n) is 3.32. The number of hydrogen-bond donors (Lipinski definition) is 2. The van der Waals surface area contributed by atoms with E-state index in [1.165, 1.54) is 16.4 Å². The number of urea groups is 1. The van der Waals surface area contributed by atoms with Crippen LogP contribution in [-0.2, 0) is 21.4 Å². The molecule has 2 N–H and O–H groups in total. The molecule has 0 aliphatic carbocycles. The fourth-order valence-corrected chi connectivity index (χ4v) is 4.80. The van der Waals surface area contributed by atoms with Crippen molar-refractivity contribution in [2.75, 3.05) is 13.2 Å². The highest BCUT2D eigenvalue weighted by Crippen LogP contribution is 2.25. The first-order valence-corrected chi connectivity index (χ1v) is 11.8. The van der Waals surface area contributed by atoms with E-state index < -0.39 is 22.1 Å². The summed E-state index contributed by atoms with van der Waals surface area (Å²) in [6.07, 6.45) is 3.23. The molecule has 0 unspecified atom stereocenters. The van der Waals surface area contributed by atoms with Crippen molar-refractivity contribution >= 4 is 16.1 Å². The Hall–Kier alpha value is -3.47. The summed E-state index contributed by atoms with van der Waals surface area (Å²) in [5, 5.41) is 2.68. The third kappa shape index (κ3) is 5.86. The number of benzene rings is 2. The number of hydrogen-bond acceptors (Lipinski definition) is 6. The molecule has 0 radical (unpaired) electrons. The van der Waals surface area contributed by atoms with Gasteiger partial charge in [-0.2, -0.15) is 4.31 Å². The first-order valence-electron chi connectivity index (χ1n) is 10.3. The van der Waals surface area contributed by atoms with E-state index in [1.54, 1.807) is 36.7 Å². The first kappa shape index (κ1) is 22.7. The van der Waals surface area contributed by atoms with Crippen molar-refractivity contribution in [3.8, 4) is 11.5 Å². The average molecular weight is 469 g/mol. The van der Waals surface area contributed by atoms with Crippen LogP contribution in [0.5, 0.6) is 11.5 Å². The van der Waals surface area contributed by atoms with Gasteiger partial charge in [0.15, 0.2) is 0 Å². The molecule has 1 aliphatic rings. The summed E-state index contributed by atoms with van der Waals surface area (Å²) >= 11 is 0. The second kappa shape index (κ2) is 9.99. The third-order valence-corrected chi connectivity index (χ3v) is 6.83. The van der Waals surface area contributed by atoms with Gasteiger partial charge < -0.3 is 10.1 Å². The summed E-state index contributed by atoms with van der Waals surface area (Å²) in [6.45, 7) is 2.25. The number of nitrogens with one attached hydrogen (secondary N) is 2. The topological polar surface area (TPSA) is 110 Å². The molecule has 0 spiro atoms. The SMILES string of the molecule is Cc1ccc(Oc2ccc(S(=O)(=O)N(Cc3cccnc3)C[C@H]3CONC(=O)N3)cc2)cc1. The number of nitrogens with zero attached hydrogens (tertiary/aromatic N) is 2. The zero-order valence-corrected chi connectivity index (χ0v) is 18.8. The van der Waals surface area contributed by atoms with Crippen LogP contribution in [-0.4, -0.2) is 42.9 Å². The van der Waals surface area contributed by atoms with Crippen LogP contribution < -0.4 is 15.5 Å². The molecule has 3 aromatic rings. The Balaban J connectivity index is 1.55. The predicted molar refractivity (Wildman–Crippen MR) is 121 cm³/mol. The molecule has 1 aromatic heterocycles. The van der Waals surface area contributed by atoms with Gasteiger partial charge >= 0.3 is 6.03 Å². The van der Waals surface area contributed by atoms with Crippen LogP contribution in [0.15, 0.2) is 78.0 Å². The van der Waals surface area contributed by atoms with E-state index in [1.807, 2.05) is 31.2 Å². The van der Waals surface area contributed by atoms with Gasteiger partial charge in [-0.05, 0) is 55.0 Å². The quantitative estimate of drug-likeness (QED) is 0.526. The molecule has 4 rings (SSSR count). The van der Waals surface area contributed by atoms with Gasteiger partial charge in [0, 0.05) is 25.5 Å². The molecular weight excluding hydrogens is 444 g/mol.